The minimum absolute atomic E-state index is 0.162. The molecule has 3 rings (SSSR count). The molecule has 128 valence electrons. The largest absolute Gasteiger partial charge is 0.349 e. The Labute approximate surface area is 146 Å². The van der Waals surface area contributed by atoms with Gasteiger partial charge in [0.15, 0.2) is 0 Å². The highest BCUT2D eigenvalue weighted by molar-refractivity contribution is 6.07. The maximum atomic E-state index is 13.1. The molecule has 0 bridgehead atoms. The summed E-state index contributed by atoms with van der Waals surface area (Å²) in [5.74, 6) is -0.694. The Bertz CT molecular complexity index is 815. The molecule has 1 aliphatic heterocycles. The minimum atomic E-state index is -0.370. The van der Waals surface area contributed by atoms with Gasteiger partial charge in [-0.15, -0.1) is 6.58 Å². The number of amides is 2. The summed E-state index contributed by atoms with van der Waals surface area (Å²) in [7, 11) is 0. The molecule has 25 heavy (non-hydrogen) atoms. The zero-order valence-electron chi connectivity index (χ0n) is 13.8. The maximum Gasteiger partial charge on any atom is 0.258 e. The monoisotopic (exact) mass is 338 g/mol. The number of fused-ring (bicyclic) bond motifs is 1. The van der Waals surface area contributed by atoms with Crippen molar-refractivity contribution in [3.05, 3.63) is 77.6 Å². The smallest absolute Gasteiger partial charge is 0.258 e. The molecule has 0 aliphatic carbocycles. The number of aryl methyl sites for hydroxylation is 1. The number of nitrogens with zero attached hydrogens (tertiary/aromatic N) is 1. The summed E-state index contributed by atoms with van der Waals surface area (Å²) in [5.41, 5.74) is 2.78. The topological polar surface area (TPSA) is 49.4 Å². The lowest BCUT2D eigenvalue weighted by Gasteiger charge is -2.30. The highest BCUT2D eigenvalue weighted by Gasteiger charge is 2.24. The van der Waals surface area contributed by atoms with Crippen molar-refractivity contribution in [1.29, 1.82) is 0 Å². The van der Waals surface area contributed by atoms with Crippen molar-refractivity contribution in [1.82, 2.24) is 5.32 Å². The zero-order chi connectivity index (χ0) is 17.8. The van der Waals surface area contributed by atoms with Crippen molar-refractivity contribution < 1.29 is 14.0 Å². The number of anilines is 1. The molecule has 0 fully saturated rings. The van der Waals surface area contributed by atoms with Crippen LogP contribution >= 0.6 is 0 Å². The van der Waals surface area contributed by atoms with Gasteiger partial charge in [0.05, 0.1) is 0 Å². The van der Waals surface area contributed by atoms with Crippen LogP contribution in [0.25, 0.3) is 0 Å². The number of rotatable bonds is 4. The van der Waals surface area contributed by atoms with E-state index in [4.69, 9.17) is 0 Å². The number of halogens is 1. The predicted molar refractivity (Wildman–Crippen MR) is 95.4 cm³/mol. The quantitative estimate of drug-likeness (QED) is 0.869. The summed E-state index contributed by atoms with van der Waals surface area (Å²) in [4.78, 5) is 26.5. The molecule has 5 heteroatoms. The first-order valence-electron chi connectivity index (χ1n) is 8.19. The fraction of sp³-hybridized carbons (Fsp3) is 0.200. The Hall–Kier alpha value is -2.95. The Morgan fingerprint density at radius 3 is 2.60 bits per heavy atom. The molecule has 0 spiro atoms. The summed E-state index contributed by atoms with van der Waals surface area (Å²) in [6.45, 7) is 4.59. The molecule has 1 N–H and O–H groups in total. The third kappa shape index (κ3) is 3.60. The third-order valence-electron chi connectivity index (χ3n) is 4.20. The SMILES string of the molecule is C=CCNC(=O)c1ccc2c(c1)CCCN2C(=O)c1ccc(F)cc1. The molecule has 0 saturated carbocycles. The first kappa shape index (κ1) is 16.9. The zero-order valence-corrected chi connectivity index (χ0v) is 13.8. The molecule has 2 aromatic carbocycles. The van der Waals surface area contributed by atoms with Gasteiger partial charge in [-0.05, 0) is 60.9 Å². The highest BCUT2D eigenvalue weighted by atomic mass is 19.1. The highest BCUT2D eigenvalue weighted by Crippen LogP contribution is 2.29. The number of benzene rings is 2. The molecular formula is C20H19FN2O2. The normalized spacial score (nSPS) is 13.1. The summed E-state index contributed by atoms with van der Waals surface area (Å²) in [6, 6.07) is 10.9. The van der Waals surface area contributed by atoms with Gasteiger partial charge in [0, 0.05) is 29.9 Å². The molecule has 0 unspecified atom stereocenters. The number of carbonyl (C=O) groups is 2. The van der Waals surface area contributed by atoms with E-state index in [0.717, 1.165) is 24.1 Å². The van der Waals surface area contributed by atoms with E-state index in [1.54, 1.807) is 23.1 Å². The molecule has 4 nitrogen and oxygen atoms in total. The Kier molecular flexibility index (Phi) is 4.93. The van der Waals surface area contributed by atoms with Crippen molar-refractivity contribution >= 4 is 17.5 Å². The molecule has 2 amide bonds. The van der Waals surface area contributed by atoms with Gasteiger partial charge in [-0.1, -0.05) is 6.08 Å². The summed E-state index contributed by atoms with van der Waals surface area (Å²) in [5, 5.41) is 2.75. The number of hydrogen-bond acceptors (Lipinski definition) is 2. The van der Waals surface area contributed by atoms with Gasteiger partial charge in [-0.2, -0.15) is 0 Å². The van der Waals surface area contributed by atoms with Crippen LogP contribution in [0.2, 0.25) is 0 Å². The lowest BCUT2D eigenvalue weighted by molar-refractivity contribution is 0.0956. The van der Waals surface area contributed by atoms with Crippen molar-refractivity contribution in [2.24, 2.45) is 0 Å². The van der Waals surface area contributed by atoms with Gasteiger partial charge in [0.25, 0.3) is 11.8 Å². The Morgan fingerprint density at radius 1 is 1.16 bits per heavy atom. The van der Waals surface area contributed by atoms with Crippen LogP contribution in [0.15, 0.2) is 55.1 Å². The predicted octanol–water partition coefficient (Wildman–Crippen LogP) is 3.33. The molecule has 1 heterocycles. The molecule has 0 saturated heterocycles. The van der Waals surface area contributed by atoms with Gasteiger partial charge < -0.3 is 10.2 Å². The third-order valence-corrected chi connectivity index (χ3v) is 4.20. The van der Waals surface area contributed by atoms with Crippen LogP contribution in [0.4, 0.5) is 10.1 Å². The second-order valence-corrected chi connectivity index (χ2v) is 5.91. The molecule has 1 aliphatic rings. The van der Waals surface area contributed by atoms with Gasteiger partial charge >= 0.3 is 0 Å². The number of carbonyl (C=O) groups excluding carboxylic acids is 2. The van der Waals surface area contributed by atoms with Crippen molar-refractivity contribution in [3.8, 4) is 0 Å². The number of nitrogens with one attached hydrogen (secondary N) is 1. The van der Waals surface area contributed by atoms with Crippen LogP contribution in [0, 0.1) is 5.82 Å². The van der Waals surface area contributed by atoms with Crippen molar-refractivity contribution in [2.75, 3.05) is 18.0 Å². The minimum Gasteiger partial charge on any atom is -0.349 e. The Morgan fingerprint density at radius 2 is 1.88 bits per heavy atom. The van der Waals surface area contributed by atoms with Crippen molar-refractivity contribution in [3.63, 3.8) is 0 Å². The van der Waals surface area contributed by atoms with Crippen molar-refractivity contribution in [2.45, 2.75) is 12.8 Å². The van der Waals surface area contributed by atoms with Crippen LogP contribution < -0.4 is 10.2 Å². The standard InChI is InChI=1S/C20H19FN2O2/c1-2-11-22-19(24)16-7-10-18-15(13-16)4-3-12-23(18)20(25)14-5-8-17(21)9-6-14/h2,5-10,13H,1,3-4,11-12H2,(H,22,24). The van der Waals surface area contributed by atoms with Gasteiger partial charge in [-0.3, -0.25) is 9.59 Å². The van der Waals surface area contributed by atoms with E-state index in [1.807, 2.05) is 6.07 Å². The van der Waals surface area contributed by atoms with E-state index in [9.17, 15) is 14.0 Å². The average Bonchev–Trinajstić information content (AvgIpc) is 2.65. The van der Waals surface area contributed by atoms with Gasteiger partial charge in [0.2, 0.25) is 0 Å². The summed E-state index contributed by atoms with van der Waals surface area (Å²) < 4.78 is 13.1. The second kappa shape index (κ2) is 7.30. The lowest BCUT2D eigenvalue weighted by atomic mass is 9.98. The maximum absolute atomic E-state index is 13.1. The van der Waals surface area contributed by atoms with E-state index < -0.39 is 0 Å². The van der Waals surface area contributed by atoms with Gasteiger partial charge in [-0.25, -0.2) is 4.39 Å². The molecular weight excluding hydrogens is 319 g/mol. The van der Waals surface area contributed by atoms with E-state index >= 15 is 0 Å². The second-order valence-electron chi connectivity index (χ2n) is 5.91. The van der Waals surface area contributed by atoms with E-state index in [-0.39, 0.29) is 17.6 Å². The summed E-state index contributed by atoms with van der Waals surface area (Å²) >= 11 is 0. The fourth-order valence-electron chi connectivity index (χ4n) is 2.96. The Balaban J connectivity index is 1.86. The van der Waals surface area contributed by atoms with Crippen LogP contribution in [0.1, 0.15) is 32.7 Å². The fourth-order valence-corrected chi connectivity index (χ4v) is 2.96. The summed E-state index contributed by atoms with van der Waals surface area (Å²) in [6.07, 6.45) is 3.25. The molecule has 2 aromatic rings. The van der Waals surface area contributed by atoms with Gasteiger partial charge in [0.1, 0.15) is 5.82 Å². The molecule has 0 atom stereocenters. The van der Waals surface area contributed by atoms with Crippen LogP contribution in [-0.4, -0.2) is 24.9 Å². The van der Waals surface area contributed by atoms with E-state index in [2.05, 4.69) is 11.9 Å². The molecule has 0 aromatic heterocycles. The van der Waals surface area contributed by atoms with Crippen LogP contribution in [0.3, 0.4) is 0 Å². The first-order valence-corrected chi connectivity index (χ1v) is 8.19. The number of hydrogen-bond donors (Lipinski definition) is 1. The lowest BCUT2D eigenvalue weighted by Crippen LogP contribution is -2.35. The van der Waals surface area contributed by atoms with Crippen LogP contribution in [-0.2, 0) is 6.42 Å². The van der Waals surface area contributed by atoms with Crippen LogP contribution in [0.5, 0.6) is 0 Å². The first-order chi connectivity index (χ1) is 12.1. The average molecular weight is 338 g/mol. The van der Waals surface area contributed by atoms with E-state index in [1.165, 1.54) is 24.3 Å². The molecule has 0 radical (unpaired) electrons. The van der Waals surface area contributed by atoms with E-state index in [0.29, 0.717) is 24.2 Å².